The molecule has 0 radical (unpaired) electrons. The maximum atomic E-state index is 11.2. The first kappa shape index (κ1) is 12.5. The molecular formula is C12H18N2O2. The molecule has 0 saturated heterocycles. The lowest BCUT2D eigenvalue weighted by Gasteiger charge is -2.16. The fraction of sp³-hybridized carbons (Fsp3) is 0.417. The summed E-state index contributed by atoms with van der Waals surface area (Å²) < 4.78 is 4.87. The summed E-state index contributed by atoms with van der Waals surface area (Å²) in [6.07, 6.45) is 0. The molecule has 0 aliphatic rings. The molecule has 16 heavy (non-hydrogen) atoms. The highest BCUT2D eigenvalue weighted by Gasteiger charge is 2.08. The van der Waals surface area contributed by atoms with Crippen LogP contribution in [0.3, 0.4) is 0 Å². The highest BCUT2D eigenvalue weighted by molar-refractivity contribution is 5.71. The molecule has 4 heteroatoms. The lowest BCUT2D eigenvalue weighted by molar-refractivity contribution is -0.144. The van der Waals surface area contributed by atoms with Gasteiger partial charge in [0.15, 0.2) is 0 Å². The summed E-state index contributed by atoms with van der Waals surface area (Å²) in [4.78, 5) is 13.1. The van der Waals surface area contributed by atoms with Crippen molar-refractivity contribution >= 4 is 11.7 Å². The van der Waals surface area contributed by atoms with E-state index in [1.165, 1.54) is 0 Å². The van der Waals surface area contributed by atoms with Crippen LogP contribution in [-0.2, 0) is 16.1 Å². The second-order valence-electron chi connectivity index (χ2n) is 3.68. The third-order valence-corrected chi connectivity index (χ3v) is 2.20. The molecule has 2 N–H and O–H groups in total. The molecule has 0 aliphatic carbocycles. The van der Waals surface area contributed by atoms with Crippen molar-refractivity contribution < 1.29 is 9.53 Å². The van der Waals surface area contributed by atoms with E-state index in [0.29, 0.717) is 13.2 Å². The second kappa shape index (κ2) is 6.12. The van der Waals surface area contributed by atoms with Gasteiger partial charge in [0.25, 0.3) is 0 Å². The van der Waals surface area contributed by atoms with Crippen molar-refractivity contribution in [3.63, 3.8) is 0 Å². The second-order valence-corrected chi connectivity index (χ2v) is 3.68. The van der Waals surface area contributed by atoms with Gasteiger partial charge in [0, 0.05) is 12.2 Å². The predicted molar refractivity (Wildman–Crippen MR) is 63.8 cm³/mol. The number of nitrogens with zero attached hydrogens (tertiary/aromatic N) is 1. The topological polar surface area (TPSA) is 55.6 Å². The van der Waals surface area contributed by atoms with Crippen molar-refractivity contribution in [2.24, 2.45) is 0 Å². The van der Waals surface area contributed by atoms with Crippen LogP contribution in [0.1, 0.15) is 12.5 Å². The highest BCUT2D eigenvalue weighted by atomic mass is 16.5. The Morgan fingerprint density at radius 1 is 1.44 bits per heavy atom. The number of carbonyl (C=O) groups excluding carboxylic acids is 1. The molecule has 0 bridgehead atoms. The Morgan fingerprint density at radius 2 is 2.12 bits per heavy atom. The molecule has 0 fully saturated rings. The van der Waals surface area contributed by atoms with E-state index in [-0.39, 0.29) is 12.5 Å². The molecular weight excluding hydrogens is 204 g/mol. The molecule has 0 heterocycles. The number of hydrogen-bond donors (Lipinski definition) is 1. The third-order valence-electron chi connectivity index (χ3n) is 2.20. The molecule has 0 saturated carbocycles. The number of ether oxygens (including phenoxy) is 1. The van der Waals surface area contributed by atoms with Crippen molar-refractivity contribution in [3.05, 3.63) is 29.8 Å². The fourth-order valence-electron chi connectivity index (χ4n) is 1.45. The smallest absolute Gasteiger partial charge is 0.320 e. The van der Waals surface area contributed by atoms with E-state index in [4.69, 9.17) is 10.5 Å². The molecule has 1 aromatic carbocycles. The molecule has 0 aliphatic heterocycles. The number of benzene rings is 1. The average Bonchev–Trinajstić information content (AvgIpc) is 2.21. The maximum Gasteiger partial charge on any atom is 0.320 e. The minimum Gasteiger partial charge on any atom is -0.465 e. The lowest BCUT2D eigenvalue weighted by atomic mass is 10.2. The van der Waals surface area contributed by atoms with Gasteiger partial charge in [0.2, 0.25) is 0 Å². The molecule has 1 rings (SSSR count). The van der Waals surface area contributed by atoms with Crippen LogP contribution < -0.4 is 5.73 Å². The third kappa shape index (κ3) is 3.90. The molecule has 0 spiro atoms. The molecule has 0 atom stereocenters. The van der Waals surface area contributed by atoms with Gasteiger partial charge in [0.1, 0.15) is 0 Å². The van der Waals surface area contributed by atoms with E-state index in [2.05, 4.69) is 0 Å². The zero-order valence-electron chi connectivity index (χ0n) is 9.77. The van der Waals surface area contributed by atoms with Crippen LogP contribution in [0, 0.1) is 0 Å². The number of para-hydroxylation sites is 1. The monoisotopic (exact) mass is 222 g/mol. The standard InChI is InChI=1S/C12H18N2O2/c1-3-16-12(15)9-14(2)8-10-6-4-5-7-11(10)13/h4-7H,3,8-9,13H2,1-2H3. The fourth-order valence-corrected chi connectivity index (χ4v) is 1.45. The first-order valence-electron chi connectivity index (χ1n) is 5.31. The number of esters is 1. The molecule has 1 aromatic rings. The van der Waals surface area contributed by atoms with Gasteiger partial charge in [-0.1, -0.05) is 18.2 Å². The van der Waals surface area contributed by atoms with E-state index >= 15 is 0 Å². The van der Waals surface area contributed by atoms with E-state index in [1.54, 1.807) is 6.92 Å². The van der Waals surface area contributed by atoms with Gasteiger partial charge in [-0.15, -0.1) is 0 Å². The van der Waals surface area contributed by atoms with E-state index in [1.807, 2.05) is 36.2 Å². The Hall–Kier alpha value is -1.55. The molecule has 0 aromatic heterocycles. The normalized spacial score (nSPS) is 10.4. The summed E-state index contributed by atoms with van der Waals surface area (Å²) in [5, 5.41) is 0. The highest BCUT2D eigenvalue weighted by Crippen LogP contribution is 2.12. The maximum absolute atomic E-state index is 11.2. The average molecular weight is 222 g/mol. The Balaban J connectivity index is 2.48. The Morgan fingerprint density at radius 3 is 2.75 bits per heavy atom. The van der Waals surface area contributed by atoms with Gasteiger partial charge in [0.05, 0.1) is 13.2 Å². The summed E-state index contributed by atoms with van der Waals surface area (Å²) >= 11 is 0. The Labute approximate surface area is 96.0 Å². The van der Waals surface area contributed by atoms with Gasteiger partial charge in [-0.3, -0.25) is 9.69 Å². The number of nitrogen functional groups attached to an aromatic ring is 1. The van der Waals surface area contributed by atoms with Gasteiger partial charge >= 0.3 is 5.97 Å². The van der Waals surface area contributed by atoms with Gasteiger partial charge in [-0.25, -0.2) is 0 Å². The van der Waals surface area contributed by atoms with E-state index < -0.39 is 0 Å². The first-order valence-corrected chi connectivity index (χ1v) is 5.31. The summed E-state index contributed by atoms with van der Waals surface area (Å²) in [6.45, 7) is 3.14. The number of anilines is 1. The van der Waals surface area contributed by atoms with Crippen LogP contribution in [0.2, 0.25) is 0 Å². The SMILES string of the molecule is CCOC(=O)CN(C)Cc1ccccc1N. The van der Waals surface area contributed by atoms with Crippen molar-refractivity contribution in [1.82, 2.24) is 4.90 Å². The number of nitrogens with two attached hydrogens (primary N) is 1. The predicted octanol–water partition coefficient (Wildman–Crippen LogP) is 1.26. The minimum absolute atomic E-state index is 0.209. The summed E-state index contributed by atoms with van der Waals surface area (Å²) in [7, 11) is 1.86. The van der Waals surface area contributed by atoms with Gasteiger partial charge in [-0.2, -0.15) is 0 Å². The molecule has 0 amide bonds. The van der Waals surface area contributed by atoms with Crippen molar-refractivity contribution in [1.29, 1.82) is 0 Å². The zero-order chi connectivity index (χ0) is 12.0. The van der Waals surface area contributed by atoms with Crippen molar-refractivity contribution in [3.8, 4) is 0 Å². The molecule has 88 valence electrons. The van der Waals surface area contributed by atoms with Crippen LogP contribution in [0.25, 0.3) is 0 Å². The quantitative estimate of drug-likeness (QED) is 0.602. The first-order chi connectivity index (χ1) is 7.63. The summed E-state index contributed by atoms with van der Waals surface area (Å²) in [6, 6.07) is 7.64. The van der Waals surface area contributed by atoms with Crippen LogP contribution in [0.15, 0.2) is 24.3 Å². The van der Waals surface area contributed by atoms with Crippen molar-refractivity contribution in [2.75, 3.05) is 25.9 Å². The number of hydrogen-bond acceptors (Lipinski definition) is 4. The van der Waals surface area contributed by atoms with Crippen LogP contribution in [0.4, 0.5) is 5.69 Å². The Kier molecular flexibility index (Phi) is 4.79. The van der Waals surface area contributed by atoms with E-state index in [0.717, 1.165) is 11.3 Å². The van der Waals surface area contributed by atoms with Gasteiger partial charge in [-0.05, 0) is 25.6 Å². The Bertz CT molecular complexity index is 353. The van der Waals surface area contributed by atoms with Gasteiger partial charge < -0.3 is 10.5 Å². The number of carbonyl (C=O) groups is 1. The largest absolute Gasteiger partial charge is 0.465 e. The minimum atomic E-state index is -0.209. The summed E-state index contributed by atoms with van der Waals surface area (Å²) in [5.74, 6) is -0.209. The van der Waals surface area contributed by atoms with Crippen LogP contribution in [-0.4, -0.2) is 31.1 Å². The lowest BCUT2D eigenvalue weighted by Crippen LogP contribution is -2.27. The van der Waals surface area contributed by atoms with E-state index in [9.17, 15) is 4.79 Å². The zero-order valence-corrected chi connectivity index (χ0v) is 9.77. The van der Waals surface area contributed by atoms with Crippen LogP contribution >= 0.6 is 0 Å². The van der Waals surface area contributed by atoms with Crippen molar-refractivity contribution in [2.45, 2.75) is 13.5 Å². The molecule has 4 nitrogen and oxygen atoms in total. The molecule has 0 unspecified atom stereocenters. The number of likely N-dealkylation sites (N-methyl/N-ethyl adjacent to an activating group) is 1. The summed E-state index contributed by atoms with van der Waals surface area (Å²) in [5.41, 5.74) is 7.59. The van der Waals surface area contributed by atoms with Crippen LogP contribution in [0.5, 0.6) is 0 Å². The number of rotatable bonds is 5.